The maximum absolute atomic E-state index is 8.94. The first-order valence-electron chi connectivity index (χ1n) is 6.55. The minimum Gasteiger partial charge on any atom is -0.493 e. The molecule has 0 atom stereocenters. The molecule has 1 saturated carbocycles. The molecule has 2 rings (SSSR count). The predicted molar refractivity (Wildman–Crippen MR) is 74.8 cm³/mol. The topological polar surface area (TPSA) is 42.2 Å². The van der Waals surface area contributed by atoms with E-state index in [0.29, 0.717) is 22.1 Å². The molecule has 0 bridgehead atoms. The minimum atomic E-state index is -0.191. The molecule has 0 N–H and O–H groups in total. The number of ether oxygens (including phenoxy) is 2. The number of halogens is 1. The van der Waals surface area contributed by atoms with Gasteiger partial charge in [-0.25, -0.2) is 0 Å². The lowest BCUT2D eigenvalue weighted by Gasteiger charge is -2.35. The van der Waals surface area contributed by atoms with E-state index >= 15 is 0 Å². The van der Waals surface area contributed by atoms with Gasteiger partial charge in [0, 0.05) is 6.07 Å². The van der Waals surface area contributed by atoms with Crippen molar-refractivity contribution < 1.29 is 9.47 Å². The number of nitriles is 1. The van der Waals surface area contributed by atoms with Crippen molar-refractivity contribution in [2.24, 2.45) is 0 Å². The molecule has 1 aliphatic carbocycles. The standard InChI is InChI=1S/C15H18ClNO2/c1-15(6-4-3-5-7-15)19-14-12(16)8-11(10-17)9-13(14)18-2/h8-9H,3-7H2,1-2H3. The van der Waals surface area contributed by atoms with Crippen LogP contribution in [0.15, 0.2) is 12.1 Å². The lowest BCUT2D eigenvalue weighted by Crippen LogP contribution is -2.34. The fraction of sp³-hybridized carbons (Fsp3) is 0.533. The Morgan fingerprint density at radius 3 is 2.53 bits per heavy atom. The average molecular weight is 280 g/mol. The minimum absolute atomic E-state index is 0.191. The predicted octanol–water partition coefficient (Wildman–Crippen LogP) is 4.32. The summed E-state index contributed by atoms with van der Waals surface area (Å²) in [5.41, 5.74) is 0.284. The Morgan fingerprint density at radius 2 is 1.95 bits per heavy atom. The van der Waals surface area contributed by atoms with Gasteiger partial charge in [0.05, 0.1) is 23.8 Å². The van der Waals surface area contributed by atoms with E-state index in [1.165, 1.54) is 19.3 Å². The molecule has 1 fully saturated rings. The van der Waals surface area contributed by atoms with E-state index in [2.05, 4.69) is 13.0 Å². The van der Waals surface area contributed by atoms with Gasteiger partial charge in [0.25, 0.3) is 0 Å². The first-order valence-corrected chi connectivity index (χ1v) is 6.92. The molecule has 102 valence electrons. The van der Waals surface area contributed by atoms with E-state index in [1.54, 1.807) is 19.2 Å². The molecule has 0 unspecified atom stereocenters. The van der Waals surface area contributed by atoms with Crippen LogP contribution >= 0.6 is 11.6 Å². The van der Waals surface area contributed by atoms with Gasteiger partial charge >= 0.3 is 0 Å². The normalized spacial score (nSPS) is 17.6. The summed E-state index contributed by atoms with van der Waals surface area (Å²) < 4.78 is 11.4. The SMILES string of the molecule is COc1cc(C#N)cc(Cl)c1OC1(C)CCCCC1. The summed E-state index contributed by atoms with van der Waals surface area (Å²) in [6, 6.07) is 5.34. The van der Waals surface area contributed by atoms with E-state index in [4.69, 9.17) is 26.3 Å². The molecular formula is C15H18ClNO2. The number of rotatable bonds is 3. The Morgan fingerprint density at radius 1 is 1.26 bits per heavy atom. The van der Waals surface area contributed by atoms with Gasteiger partial charge in [-0.2, -0.15) is 5.26 Å². The molecule has 1 aromatic rings. The molecule has 0 spiro atoms. The first-order chi connectivity index (χ1) is 9.08. The Balaban J connectivity index is 2.31. The van der Waals surface area contributed by atoms with Crippen LogP contribution in [0.2, 0.25) is 5.02 Å². The molecule has 0 amide bonds. The zero-order chi connectivity index (χ0) is 13.9. The van der Waals surface area contributed by atoms with Gasteiger partial charge < -0.3 is 9.47 Å². The van der Waals surface area contributed by atoms with Crippen LogP contribution in [0.5, 0.6) is 11.5 Å². The van der Waals surface area contributed by atoms with Crippen LogP contribution in [-0.4, -0.2) is 12.7 Å². The van der Waals surface area contributed by atoms with Gasteiger partial charge in [-0.1, -0.05) is 18.0 Å². The molecule has 3 nitrogen and oxygen atoms in total. The third-order valence-electron chi connectivity index (χ3n) is 3.62. The summed E-state index contributed by atoms with van der Waals surface area (Å²) in [4.78, 5) is 0. The third kappa shape index (κ3) is 3.13. The van der Waals surface area contributed by atoms with Crippen molar-refractivity contribution in [3.63, 3.8) is 0 Å². The maximum Gasteiger partial charge on any atom is 0.180 e. The molecule has 4 heteroatoms. The van der Waals surface area contributed by atoms with E-state index in [-0.39, 0.29) is 5.60 Å². The van der Waals surface area contributed by atoms with Crippen LogP contribution < -0.4 is 9.47 Å². The van der Waals surface area contributed by atoms with E-state index < -0.39 is 0 Å². The highest BCUT2D eigenvalue weighted by Crippen LogP contribution is 2.41. The number of benzene rings is 1. The molecule has 0 aliphatic heterocycles. The van der Waals surface area contributed by atoms with Gasteiger partial charge in [-0.15, -0.1) is 0 Å². The van der Waals surface area contributed by atoms with Crippen molar-refractivity contribution in [3.8, 4) is 17.6 Å². The molecule has 0 heterocycles. The van der Waals surface area contributed by atoms with E-state index in [1.807, 2.05) is 0 Å². The van der Waals surface area contributed by atoms with E-state index in [0.717, 1.165) is 12.8 Å². The molecule has 0 aromatic heterocycles. The third-order valence-corrected chi connectivity index (χ3v) is 3.90. The summed E-state index contributed by atoms with van der Waals surface area (Å²) >= 11 is 6.22. The van der Waals surface area contributed by atoms with E-state index in [9.17, 15) is 0 Å². The number of hydrogen-bond acceptors (Lipinski definition) is 3. The van der Waals surface area contributed by atoms with Gasteiger partial charge in [0.1, 0.15) is 5.60 Å². The second kappa shape index (κ2) is 5.71. The van der Waals surface area contributed by atoms with Crippen LogP contribution in [0.1, 0.15) is 44.6 Å². The number of hydrogen-bond donors (Lipinski definition) is 0. The molecular weight excluding hydrogens is 262 g/mol. The highest BCUT2D eigenvalue weighted by molar-refractivity contribution is 6.32. The summed E-state index contributed by atoms with van der Waals surface area (Å²) in [5, 5.41) is 9.37. The van der Waals surface area contributed by atoms with Crippen molar-refractivity contribution in [1.29, 1.82) is 5.26 Å². The average Bonchev–Trinajstić information content (AvgIpc) is 2.41. The Labute approximate surface area is 119 Å². The molecule has 1 aromatic carbocycles. The fourth-order valence-electron chi connectivity index (χ4n) is 2.53. The molecule has 19 heavy (non-hydrogen) atoms. The smallest absolute Gasteiger partial charge is 0.180 e. The Bertz CT molecular complexity index is 502. The summed E-state index contributed by atoms with van der Waals surface area (Å²) in [7, 11) is 1.56. The fourth-order valence-corrected chi connectivity index (χ4v) is 2.78. The van der Waals surface area contributed by atoms with Crippen molar-refractivity contribution in [1.82, 2.24) is 0 Å². The Hall–Kier alpha value is -1.40. The van der Waals surface area contributed by atoms with Crippen LogP contribution in [0.25, 0.3) is 0 Å². The van der Waals surface area contributed by atoms with Gasteiger partial charge in [0.15, 0.2) is 11.5 Å². The van der Waals surface area contributed by atoms with Crippen LogP contribution in [0.3, 0.4) is 0 Å². The lowest BCUT2D eigenvalue weighted by molar-refractivity contribution is 0.0461. The number of methoxy groups -OCH3 is 1. The summed E-state index contributed by atoms with van der Waals surface area (Å²) in [6.07, 6.45) is 5.65. The van der Waals surface area contributed by atoms with Gasteiger partial charge in [0.2, 0.25) is 0 Å². The highest BCUT2D eigenvalue weighted by atomic mass is 35.5. The molecule has 1 aliphatic rings. The monoisotopic (exact) mass is 279 g/mol. The van der Waals surface area contributed by atoms with Crippen LogP contribution in [-0.2, 0) is 0 Å². The second-order valence-electron chi connectivity index (χ2n) is 5.21. The lowest BCUT2D eigenvalue weighted by atomic mass is 9.86. The number of nitrogens with zero attached hydrogens (tertiary/aromatic N) is 1. The Kier molecular flexibility index (Phi) is 4.21. The van der Waals surface area contributed by atoms with Gasteiger partial charge in [-0.05, 0) is 38.7 Å². The quantitative estimate of drug-likeness (QED) is 0.827. The highest BCUT2D eigenvalue weighted by Gasteiger charge is 2.30. The van der Waals surface area contributed by atoms with Crippen molar-refractivity contribution in [3.05, 3.63) is 22.7 Å². The van der Waals surface area contributed by atoms with Gasteiger partial charge in [-0.3, -0.25) is 0 Å². The largest absolute Gasteiger partial charge is 0.493 e. The van der Waals surface area contributed by atoms with Crippen molar-refractivity contribution in [2.75, 3.05) is 7.11 Å². The van der Waals surface area contributed by atoms with Crippen molar-refractivity contribution in [2.45, 2.75) is 44.6 Å². The molecule has 0 radical (unpaired) electrons. The zero-order valence-electron chi connectivity index (χ0n) is 11.3. The summed E-state index contributed by atoms with van der Waals surface area (Å²) in [6.45, 7) is 2.11. The second-order valence-corrected chi connectivity index (χ2v) is 5.62. The van der Waals surface area contributed by atoms with Crippen LogP contribution in [0, 0.1) is 11.3 Å². The zero-order valence-corrected chi connectivity index (χ0v) is 12.1. The molecule has 0 saturated heterocycles. The van der Waals surface area contributed by atoms with Crippen molar-refractivity contribution >= 4 is 11.6 Å². The summed E-state index contributed by atoms with van der Waals surface area (Å²) in [5.74, 6) is 1.07. The maximum atomic E-state index is 8.94. The van der Waals surface area contributed by atoms with Crippen LogP contribution in [0.4, 0.5) is 0 Å². The first kappa shape index (κ1) is 14.0.